The van der Waals surface area contributed by atoms with Crippen LogP contribution in [0.4, 0.5) is 11.4 Å². The summed E-state index contributed by atoms with van der Waals surface area (Å²) in [4.78, 5) is 22.9. The minimum atomic E-state index is -0.506. The van der Waals surface area contributed by atoms with Gasteiger partial charge >= 0.3 is 0 Å². The van der Waals surface area contributed by atoms with Crippen molar-refractivity contribution in [3.05, 3.63) is 104 Å². The van der Waals surface area contributed by atoms with Crippen molar-refractivity contribution in [3.63, 3.8) is 0 Å². The molecule has 32 heavy (non-hydrogen) atoms. The Morgan fingerprint density at radius 3 is 2.56 bits per heavy atom. The maximum absolute atomic E-state index is 12.5. The molecule has 0 bridgehead atoms. The number of carbonyl (C=O) groups excluding carboxylic acids is 1. The third-order valence-electron chi connectivity index (χ3n) is 4.42. The first-order valence-corrected chi connectivity index (χ1v) is 11.6. The first-order valence-electron chi connectivity index (χ1n) is 9.43. The summed E-state index contributed by atoms with van der Waals surface area (Å²) in [6.45, 7) is 0. The van der Waals surface area contributed by atoms with Gasteiger partial charge in [-0.1, -0.05) is 59.5 Å². The predicted octanol–water partition coefficient (Wildman–Crippen LogP) is 6.12. The van der Waals surface area contributed by atoms with E-state index in [4.69, 9.17) is 12.2 Å². The molecule has 1 heterocycles. The van der Waals surface area contributed by atoms with Gasteiger partial charge in [-0.15, -0.1) is 5.10 Å². The highest BCUT2D eigenvalue weighted by atomic mass is 32.2. The number of nitrogens with zero attached hydrogens (tertiary/aromatic N) is 3. The summed E-state index contributed by atoms with van der Waals surface area (Å²) in [7, 11) is 0. The number of aromatic nitrogens is 2. The highest BCUT2D eigenvalue weighted by molar-refractivity contribution is 8.00. The number of amides is 1. The first kappa shape index (κ1) is 21.9. The second-order valence-electron chi connectivity index (χ2n) is 6.63. The maximum atomic E-state index is 12.5. The van der Waals surface area contributed by atoms with Crippen molar-refractivity contribution in [2.45, 2.75) is 10.1 Å². The molecule has 0 aliphatic carbocycles. The molecule has 1 amide bonds. The Morgan fingerprint density at radius 1 is 1.09 bits per heavy atom. The molecule has 4 rings (SSSR count). The molecule has 3 aromatic carbocycles. The van der Waals surface area contributed by atoms with Crippen LogP contribution in [0.2, 0.25) is 0 Å². The van der Waals surface area contributed by atoms with Crippen LogP contribution in [0.1, 0.15) is 15.9 Å². The number of carbonyl (C=O) groups is 1. The lowest BCUT2D eigenvalue weighted by molar-refractivity contribution is -0.384. The van der Waals surface area contributed by atoms with Gasteiger partial charge in [-0.05, 0) is 48.1 Å². The van der Waals surface area contributed by atoms with Gasteiger partial charge in [-0.3, -0.25) is 14.9 Å². The summed E-state index contributed by atoms with van der Waals surface area (Å²) in [6.07, 6.45) is 0. The number of anilines is 1. The molecule has 4 aromatic rings. The van der Waals surface area contributed by atoms with E-state index in [-0.39, 0.29) is 11.6 Å². The molecular weight excluding hydrogens is 464 g/mol. The molecule has 1 N–H and O–H groups in total. The van der Waals surface area contributed by atoms with Crippen LogP contribution in [0, 0.1) is 14.1 Å². The van der Waals surface area contributed by atoms with E-state index in [9.17, 15) is 14.9 Å². The summed E-state index contributed by atoms with van der Waals surface area (Å²) in [5.41, 5.74) is 2.65. The van der Waals surface area contributed by atoms with Crippen LogP contribution >= 0.6 is 35.3 Å². The predicted molar refractivity (Wildman–Crippen MR) is 129 cm³/mol. The third-order valence-corrected chi connectivity index (χ3v) is 6.86. The Hall–Kier alpha value is -3.34. The molecule has 0 unspecified atom stereocenters. The Labute approximate surface area is 196 Å². The third kappa shape index (κ3) is 5.28. The van der Waals surface area contributed by atoms with Crippen molar-refractivity contribution in [2.75, 3.05) is 5.32 Å². The van der Waals surface area contributed by atoms with E-state index in [0.29, 0.717) is 15.2 Å². The monoisotopic (exact) mass is 480 g/mol. The summed E-state index contributed by atoms with van der Waals surface area (Å²) in [6, 6.07) is 22.8. The van der Waals surface area contributed by atoms with Crippen LogP contribution in [-0.4, -0.2) is 20.6 Å². The molecule has 1 aromatic heterocycles. The van der Waals surface area contributed by atoms with Crippen LogP contribution in [0.15, 0.2) is 83.2 Å². The van der Waals surface area contributed by atoms with Crippen molar-refractivity contribution in [1.29, 1.82) is 0 Å². The van der Waals surface area contributed by atoms with E-state index < -0.39 is 4.92 Å². The Kier molecular flexibility index (Phi) is 6.74. The molecule has 0 saturated carbocycles. The quantitative estimate of drug-likeness (QED) is 0.148. The lowest BCUT2D eigenvalue weighted by atomic mass is 10.2. The van der Waals surface area contributed by atoms with Crippen molar-refractivity contribution in [1.82, 2.24) is 9.78 Å². The van der Waals surface area contributed by atoms with Gasteiger partial charge in [-0.2, -0.15) is 0 Å². The molecule has 0 aliphatic heterocycles. The van der Waals surface area contributed by atoms with Gasteiger partial charge in [0.1, 0.15) is 0 Å². The first-order chi connectivity index (χ1) is 15.5. The largest absolute Gasteiger partial charge is 0.322 e. The molecule has 0 atom stereocenters. The minimum Gasteiger partial charge on any atom is -0.322 e. The fraction of sp³-hybridized carbons (Fsp3) is 0.0455. The second kappa shape index (κ2) is 9.86. The minimum absolute atomic E-state index is 0.0861. The maximum Gasteiger partial charge on any atom is 0.271 e. The molecule has 7 nitrogen and oxygen atoms in total. The average Bonchev–Trinajstić information content (AvgIpc) is 3.19. The fourth-order valence-corrected chi connectivity index (χ4v) is 5.17. The highest BCUT2D eigenvalue weighted by Gasteiger charge is 2.11. The number of nitro benzene ring substituents is 1. The topological polar surface area (TPSA) is 90.1 Å². The second-order valence-corrected chi connectivity index (χ2v) is 9.47. The number of thioether (sulfide) groups is 1. The standard InChI is InChI=1S/C22H16N4O3S3/c27-20(23-17-7-4-8-19(13-17)26(28)29)16-9-11-18(12-10-16)25-22(30)32-21(24-25)31-14-15-5-2-1-3-6-15/h1-13H,14H2,(H,23,27). The summed E-state index contributed by atoms with van der Waals surface area (Å²) in [5, 5.41) is 18.2. The Morgan fingerprint density at radius 2 is 1.84 bits per heavy atom. The molecule has 0 spiro atoms. The van der Waals surface area contributed by atoms with Gasteiger partial charge < -0.3 is 5.32 Å². The zero-order valence-electron chi connectivity index (χ0n) is 16.5. The number of hydrogen-bond donors (Lipinski definition) is 1. The SMILES string of the molecule is O=C(Nc1cccc([N+](=O)[O-])c1)c1ccc(-n2nc(SCc3ccccc3)sc2=S)cc1. The number of hydrogen-bond acceptors (Lipinski definition) is 7. The van der Waals surface area contributed by atoms with Crippen molar-refractivity contribution in [2.24, 2.45) is 0 Å². The smallest absolute Gasteiger partial charge is 0.271 e. The number of nitro groups is 1. The molecule has 0 radical (unpaired) electrons. The van der Waals surface area contributed by atoms with Gasteiger partial charge in [0.25, 0.3) is 11.6 Å². The van der Waals surface area contributed by atoms with Gasteiger partial charge in [0.15, 0.2) is 8.29 Å². The van der Waals surface area contributed by atoms with Crippen LogP contribution in [0.3, 0.4) is 0 Å². The van der Waals surface area contributed by atoms with Crippen LogP contribution < -0.4 is 5.32 Å². The normalized spacial score (nSPS) is 10.6. The lowest BCUT2D eigenvalue weighted by Crippen LogP contribution is -2.12. The lowest BCUT2D eigenvalue weighted by Gasteiger charge is -2.06. The van der Waals surface area contributed by atoms with E-state index in [1.807, 2.05) is 18.2 Å². The number of benzene rings is 3. The Bertz CT molecular complexity index is 1320. The van der Waals surface area contributed by atoms with Gasteiger partial charge in [0.05, 0.1) is 10.6 Å². The summed E-state index contributed by atoms with van der Waals surface area (Å²) >= 11 is 8.52. The molecule has 10 heteroatoms. The molecule has 0 saturated heterocycles. The zero-order valence-corrected chi connectivity index (χ0v) is 19.0. The zero-order chi connectivity index (χ0) is 22.5. The number of non-ortho nitro benzene ring substituents is 1. The van der Waals surface area contributed by atoms with Crippen LogP contribution in [0.5, 0.6) is 0 Å². The van der Waals surface area contributed by atoms with E-state index in [0.717, 1.165) is 15.8 Å². The number of nitrogens with one attached hydrogen (secondary N) is 1. The van der Waals surface area contributed by atoms with Crippen molar-refractivity contribution in [3.8, 4) is 5.69 Å². The fourth-order valence-electron chi connectivity index (χ4n) is 2.86. The van der Waals surface area contributed by atoms with E-state index in [1.54, 1.807) is 46.8 Å². The number of rotatable bonds is 7. The van der Waals surface area contributed by atoms with E-state index in [2.05, 4.69) is 22.5 Å². The molecule has 160 valence electrons. The Balaban J connectivity index is 1.45. The summed E-state index contributed by atoms with van der Waals surface area (Å²) < 4.78 is 3.16. The average molecular weight is 481 g/mol. The van der Waals surface area contributed by atoms with Gasteiger partial charge in [0, 0.05) is 29.1 Å². The van der Waals surface area contributed by atoms with Crippen LogP contribution in [-0.2, 0) is 5.75 Å². The van der Waals surface area contributed by atoms with Crippen LogP contribution in [0.25, 0.3) is 5.69 Å². The van der Waals surface area contributed by atoms with Gasteiger partial charge in [-0.25, -0.2) is 4.68 Å². The van der Waals surface area contributed by atoms with E-state index >= 15 is 0 Å². The molecule has 0 fully saturated rings. The van der Waals surface area contributed by atoms with E-state index in [1.165, 1.54) is 35.1 Å². The van der Waals surface area contributed by atoms with Gasteiger partial charge in [0.2, 0.25) is 0 Å². The van der Waals surface area contributed by atoms with Crippen molar-refractivity contribution < 1.29 is 9.72 Å². The highest BCUT2D eigenvalue weighted by Crippen LogP contribution is 2.27. The van der Waals surface area contributed by atoms with Crippen molar-refractivity contribution >= 4 is 52.6 Å². The molecular formula is C22H16N4O3S3. The molecule has 0 aliphatic rings. The summed E-state index contributed by atoms with van der Waals surface area (Å²) in [5.74, 6) is 0.443.